The lowest BCUT2D eigenvalue weighted by Crippen LogP contribution is -2.45. The standard InChI is InChI=1S/C9H19N3O2/c1-3-6(2)8(11)9(14)12-5-4-7(10)13/h6,8H,3-5,11H2,1-2H3,(H2,10,13)(H,12,14)/t6-,8-/m0/s1. The first-order chi connectivity index (χ1) is 6.49. The molecule has 0 spiro atoms. The molecule has 0 aromatic heterocycles. The molecule has 5 heteroatoms. The van der Waals surface area contributed by atoms with E-state index in [0.717, 1.165) is 6.42 Å². The molecule has 0 aromatic rings. The minimum absolute atomic E-state index is 0.142. The van der Waals surface area contributed by atoms with Crippen LogP contribution in [0.2, 0.25) is 0 Å². The molecule has 0 bridgehead atoms. The summed E-state index contributed by atoms with van der Waals surface area (Å²) in [5.74, 6) is -0.508. The first kappa shape index (κ1) is 12.9. The smallest absolute Gasteiger partial charge is 0.237 e. The van der Waals surface area contributed by atoms with Gasteiger partial charge in [-0.15, -0.1) is 0 Å². The summed E-state index contributed by atoms with van der Waals surface area (Å²) in [7, 11) is 0. The van der Waals surface area contributed by atoms with Crippen LogP contribution >= 0.6 is 0 Å². The van der Waals surface area contributed by atoms with Crippen LogP contribution in [-0.2, 0) is 9.59 Å². The number of nitrogens with two attached hydrogens (primary N) is 2. The van der Waals surface area contributed by atoms with Crippen LogP contribution in [0.5, 0.6) is 0 Å². The van der Waals surface area contributed by atoms with E-state index in [9.17, 15) is 9.59 Å². The van der Waals surface area contributed by atoms with Gasteiger partial charge in [0.25, 0.3) is 0 Å². The van der Waals surface area contributed by atoms with Crippen molar-refractivity contribution in [2.24, 2.45) is 17.4 Å². The SMILES string of the molecule is CC[C@H](C)[C@H](N)C(=O)NCCC(N)=O. The van der Waals surface area contributed by atoms with Gasteiger partial charge in [0.05, 0.1) is 6.04 Å². The molecular formula is C9H19N3O2. The van der Waals surface area contributed by atoms with Crippen molar-refractivity contribution in [3.63, 3.8) is 0 Å². The number of hydrogen-bond acceptors (Lipinski definition) is 3. The van der Waals surface area contributed by atoms with Crippen LogP contribution < -0.4 is 16.8 Å². The number of amides is 2. The Balaban J connectivity index is 3.78. The number of nitrogens with one attached hydrogen (secondary N) is 1. The van der Waals surface area contributed by atoms with Crippen LogP contribution in [0, 0.1) is 5.92 Å². The van der Waals surface area contributed by atoms with Crippen LogP contribution in [0.4, 0.5) is 0 Å². The summed E-state index contributed by atoms with van der Waals surface area (Å²) < 4.78 is 0. The molecule has 2 amide bonds. The van der Waals surface area contributed by atoms with Crippen molar-refractivity contribution in [2.75, 3.05) is 6.54 Å². The Hall–Kier alpha value is -1.10. The third-order valence-corrected chi connectivity index (χ3v) is 2.23. The minimum Gasteiger partial charge on any atom is -0.370 e. The third kappa shape index (κ3) is 4.81. The van der Waals surface area contributed by atoms with Crippen molar-refractivity contribution in [3.8, 4) is 0 Å². The summed E-state index contributed by atoms with van der Waals surface area (Å²) in [6.07, 6.45) is 1.00. The molecule has 5 nitrogen and oxygen atoms in total. The topological polar surface area (TPSA) is 98.2 Å². The molecule has 0 saturated heterocycles. The van der Waals surface area contributed by atoms with Crippen molar-refractivity contribution in [1.82, 2.24) is 5.32 Å². The number of carbonyl (C=O) groups is 2. The van der Waals surface area contributed by atoms with Gasteiger partial charge in [0.15, 0.2) is 0 Å². The lowest BCUT2D eigenvalue weighted by atomic mass is 9.99. The largest absolute Gasteiger partial charge is 0.370 e. The fourth-order valence-corrected chi connectivity index (χ4v) is 0.939. The average Bonchev–Trinajstić information content (AvgIpc) is 2.14. The molecular weight excluding hydrogens is 182 g/mol. The summed E-state index contributed by atoms with van der Waals surface area (Å²) in [5, 5.41) is 2.56. The second-order valence-corrected chi connectivity index (χ2v) is 3.42. The maximum Gasteiger partial charge on any atom is 0.237 e. The molecule has 0 rings (SSSR count). The fourth-order valence-electron chi connectivity index (χ4n) is 0.939. The molecule has 0 fully saturated rings. The molecule has 0 radical (unpaired) electrons. The van der Waals surface area contributed by atoms with E-state index in [-0.39, 0.29) is 24.8 Å². The van der Waals surface area contributed by atoms with Crippen molar-refractivity contribution in [2.45, 2.75) is 32.7 Å². The van der Waals surface area contributed by atoms with E-state index in [0.29, 0.717) is 0 Å². The van der Waals surface area contributed by atoms with E-state index >= 15 is 0 Å². The van der Waals surface area contributed by atoms with E-state index in [2.05, 4.69) is 5.32 Å². The number of carbonyl (C=O) groups excluding carboxylic acids is 2. The zero-order valence-electron chi connectivity index (χ0n) is 8.75. The summed E-state index contributed by atoms with van der Waals surface area (Å²) in [6, 6.07) is -0.507. The molecule has 0 unspecified atom stereocenters. The molecule has 0 aromatic carbocycles. The van der Waals surface area contributed by atoms with E-state index in [1.54, 1.807) is 0 Å². The molecule has 82 valence electrons. The summed E-state index contributed by atoms with van der Waals surface area (Å²) in [6.45, 7) is 4.15. The van der Waals surface area contributed by atoms with Crippen molar-refractivity contribution in [1.29, 1.82) is 0 Å². The second kappa shape index (κ2) is 6.37. The van der Waals surface area contributed by atoms with Crippen molar-refractivity contribution >= 4 is 11.8 Å². The fraction of sp³-hybridized carbons (Fsp3) is 0.778. The number of hydrogen-bond donors (Lipinski definition) is 3. The molecule has 0 saturated carbocycles. The van der Waals surface area contributed by atoms with Gasteiger partial charge in [-0.05, 0) is 5.92 Å². The molecule has 0 aliphatic heterocycles. The predicted octanol–water partition coefficient (Wildman–Crippen LogP) is -0.649. The van der Waals surface area contributed by atoms with E-state index < -0.39 is 11.9 Å². The molecule has 14 heavy (non-hydrogen) atoms. The van der Waals surface area contributed by atoms with E-state index in [1.807, 2.05) is 13.8 Å². The highest BCUT2D eigenvalue weighted by Crippen LogP contribution is 2.04. The van der Waals surface area contributed by atoms with E-state index in [1.165, 1.54) is 0 Å². The maximum absolute atomic E-state index is 11.3. The minimum atomic E-state index is -0.507. The van der Waals surface area contributed by atoms with Crippen molar-refractivity contribution < 1.29 is 9.59 Å². The Morgan fingerprint density at radius 2 is 2.00 bits per heavy atom. The Kier molecular flexibility index (Phi) is 5.87. The van der Waals surface area contributed by atoms with E-state index in [4.69, 9.17) is 11.5 Å². The number of rotatable bonds is 6. The Morgan fingerprint density at radius 1 is 1.43 bits per heavy atom. The highest BCUT2D eigenvalue weighted by molar-refractivity contribution is 5.82. The first-order valence-electron chi connectivity index (χ1n) is 4.80. The van der Waals surface area contributed by atoms with Gasteiger partial charge in [0.2, 0.25) is 11.8 Å². The van der Waals surface area contributed by atoms with Gasteiger partial charge in [0.1, 0.15) is 0 Å². The zero-order chi connectivity index (χ0) is 11.1. The van der Waals surface area contributed by atoms with Gasteiger partial charge in [-0.3, -0.25) is 9.59 Å². The molecule has 0 aliphatic rings. The maximum atomic E-state index is 11.3. The van der Waals surface area contributed by atoms with Crippen molar-refractivity contribution in [3.05, 3.63) is 0 Å². The van der Waals surface area contributed by atoms with Gasteiger partial charge >= 0.3 is 0 Å². The van der Waals surface area contributed by atoms with Crippen LogP contribution in [0.25, 0.3) is 0 Å². The summed E-state index contributed by atoms with van der Waals surface area (Å²) >= 11 is 0. The second-order valence-electron chi connectivity index (χ2n) is 3.42. The summed E-state index contributed by atoms with van der Waals surface area (Å²) in [5.41, 5.74) is 10.6. The molecule has 5 N–H and O–H groups in total. The predicted molar refractivity (Wildman–Crippen MR) is 54.3 cm³/mol. The van der Waals surface area contributed by atoms with Crippen LogP contribution in [-0.4, -0.2) is 24.4 Å². The Labute approximate surface area is 84.2 Å². The van der Waals surface area contributed by atoms with Crippen LogP contribution in [0.15, 0.2) is 0 Å². The quantitative estimate of drug-likeness (QED) is 0.532. The lowest BCUT2D eigenvalue weighted by molar-refractivity contribution is -0.123. The van der Waals surface area contributed by atoms with Gasteiger partial charge in [-0.1, -0.05) is 20.3 Å². The molecule has 0 aliphatic carbocycles. The first-order valence-corrected chi connectivity index (χ1v) is 4.80. The average molecular weight is 201 g/mol. The zero-order valence-corrected chi connectivity index (χ0v) is 8.75. The van der Waals surface area contributed by atoms with Crippen LogP contribution in [0.1, 0.15) is 26.7 Å². The Morgan fingerprint density at radius 3 is 2.43 bits per heavy atom. The van der Waals surface area contributed by atoms with Gasteiger partial charge < -0.3 is 16.8 Å². The summed E-state index contributed by atoms with van der Waals surface area (Å²) in [4.78, 5) is 21.7. The normalized spacial score (nSPS) is 14.5. The highest BCUT2D eigenvalue weighted by Gasteiger charge is 2.18. The van der Waals surface area contributed by atoms with Gasteiger partial charge in [0, 0.05) is 13.0 Å². The highest BCUT2D eigenvalue weighted by atomic mass is 16.2. The van der Waals surface area contributed by atoms with Crippen LogP contribution in [0.3, 0.4) is 0 Å². The van der Waals surface area contributed by atoms with Gasteiger partial charge in [-0.25, -0.2) is 0 Å². The van der Waals surface area contributed by atoms with Gasteiger partial charge in [-0.2, -0.15) is 0 Å². The Bertz CT molecular complexity index is 206. The monoisotopic (exact) mass is 201 g/mol. The molecule has 0 heterocycles. The third-order valence-electron chi connectivity index (χ3n) is 2.23. The molecule has 2 atom stereocenters. The lowest BCUT2D eigenvalue weighted by Gasteiger charge is -2.17. The number of primary amides is 1.